The maximum atomic E-state index is 12.8. The number of hydrogen-bond donors (Lipinski definition) is 0. The van der Waals surface area contributed by atoms with E-state index in [1.807, 2.05) is 35.2 Å². The van der Waals surface area contributed by atoms with Crippen molar-refractivity contribution in [1.29, 1.82) is 0 Å². The first-order valence-corrected chi connectivity index (χ1v) is 11.8. The van der Waals surface area contributed by atoms with Gasteiger partial charge in [-0.25, -0.2) is 0 Å². The zero-order valence-corrected chi connectivity index (χ0v) is 20.1. The van der Waals surface area contributed by atoms with Crippen molar-refractivity contribution in [3.8, 4) is 5.75 Å². The lowest BCUT2D eigenvalue weighted by Crippen LogP contribution is -2.38. The van der Waals surface area contributed by atoms with Crippen molar-refractivity contribution in [2.75, 3.05) is 24.6 Å². The van der Waals surface area contributed by atoms with Gasteiger partial charge < -0.3 is 14.5 Å². The molecular formula is C27H36N2O3. The largest absolute Gasteiger partial charge is 0.482 e. The summed E-state index contributed by atoms with van der Waals surface area (Å²) in [4.78, 5) is 29.3. The van der Waals surface area contributed by atoms with E-state index in [4.69, 9.17) is 4.74 Å². The summed E-state index contributed by atoms with van der Waals surface area (Å²) in [6.07, 6.45) is 2.89. The van der Waals surface area contributed by atoms with Gasteiger partial charge in [-0.15, -0.1) is 0 Å². The van der Waals surface area contributed by atoms with Crippen LogP contribution in [0.15, 0.2) is 42.5 Å². The van der Waals surface area contributed by atoms with E-state index in [9.17, 15) is 9.59 Å². The predicted octanol–water partition coefficient (Wildman–Crippen LogP) is 5.56. The summed E-state index contributed by atoms with van der Waals surface area (Å²) in [5, 5.41) is 0. The van der Waals surface area contributed by atoms with Gasteiger partial charge in [-0.1, -0.05) is 52.8 Å². The molecule has 0 saturated carbocycles. The molecule has 0 unspecified atom stereocenters. The van der Waals surface area contributed by atoms with Crippen molar-refractivity contribution in [1.82, 2.24) is 4.90 Å². The Hall–Kier alpha value is -2.82. The summed E-state index contributed by atoms with van der Waals surface area (Å²) in [7, 11) is 0. The van der Waals surface area contributed by atoms with Gasteiger partial charge in [-0.2, -0.15) is 0 Å². The van der Waals surface area contributed by atoms with E-state index in [-0.39, 0.29) is 23.8 Å². The Bertz CT molecular complexity index is 944. The van der Waals surface area contributed by atoms with E-state index in [1.165, 1.54) is 5.56 Å². The van der Waals surface area contributed by atoms with Crippen molar-refractivity contribution < 1.29 is 14.3 Å². The van der Waals surface area contributed by atoms with Crippen molar-refractivity contribution in [2.24, 2.45) is 0 Å². The molecule has 5 heteroatoms. The molecule has 0 spiro atoms. The van der Waals surface area contributed by atoms with E-state index in [0.29, 0.717) is 12.1 Å². The number of fused-ring (bicyclic) bond motifs is 1. The fourth-order valence-electron chi connectivity index (χ4n) is 3.97. The number of benzene rings is 2. The molecule has 172 valence electrons. The number of hydrogen-bond acceptors (Lipinski definition) is 3. The lowest BCUT2D eigenvalue weighted by Gasteiger charge is -2.32. The molecule has 5 nitrogen and oxygen atoms in total. The van der Waals surface area contributed by atoms with Crippen LogP contribution in [0.3, 0.4) is 0 Å². The standard InChI is InChI=1S/C27H36N2O3/c1-6-15-28(16-7-2)26(31)21-11-9-20(10-12-21)18-29-23-17-22(27(4,5)8-3)13-14-24(23)32-19-25(29)30/h9-14,17H,6-8,15-16,18-19H2,1-5H3. The maximum absolute atomic E-state index is 12.8. The number of carbonyl (C=O) groups is 2. The van der Waals surface area contributed by atoms with Gasteiger partial charge in [0.25, 0.3) is 11.8 Å². The molecule has 0 bridgehead atoms. The molecule has 1 aliphatic heterocycles. The first-order chi connectivity index (χ1) is 15.3. The van der Waals surface area contributed by atoms with Gasteiger partial charge in [0.05, 0.1) is 12.2 Å². The molecule has 0 aromatic heterocycles. The number of nitrogens with zero attached hydrogens (tertiary/aromatic N) is 2. The van der Waals surface area contributed by atoms with Gasteiger partial charge in [0.2, 0.25) is 0 Å². The van der Waals surface area contributed by atoms with E-state index in [0.717, 1.165) is 49.4 Å². The fourth-order valence-corrected chi connectivity index (χ4v) is 3.97. The van der Waals surface area contributed by atoms with Crippen LogP contribution in [-0.4, -0.2) is 36.4 Å². The third kappa shape index (κ3) is 5.14. The molecule has 0 aliphatic carbocycles. The number of carbonyl (C=O) groups excluding carboxylic acids is 2. The van der Waals surface area contributed by atoms with Crippen molar-refractivity contribution in [3.63, 3.8) is 0 Å². The zero-order chi connectivity index (χ0) is 23.3. The van der Waals surface area contributed by atoms with Gasteiger partial charge in [-0.3, -0.25) is 9.59 Å². The van der Waals surface area contributed by atoms with Gasteiger partial charge in [-0.05, 0) is 60.1 Å². The van der Waals surface area contributed by atoms with Gasteiger partial charge in [0, 0.05) is 18.7 Å². The van der Waals surface area contributed by atoms with Crippen LogP contribution in [0.2, 0.25) is 0 Å². The van der Waals surface area contributed by atoms with Crippen LogP contribution in [0, 0.1) is 0 Å². The Morgan fingerprint density at radius 2 is 1.69 bits per heavy atom. The highest BCUT2D eigenvalue weighted by molar-refractivity contribution is 5.98. The minimum atomic E-state index is -0.0545. The molecule has 3 rings (SSSR count). The molecule has 0 atom stereocenters. The molecule has 0 radical (unpaired) electrons. The quantitative estimate of drug-likeness (QED) is 0.517. The molecule has 2 aromatic carbocycles. The zero-order valence-electron chi connectivity index (χ0n) is 20.1. The first kappa shape index (κ1) is 23.8. The van der Waals surface area contributed by atoms with Crippen LogP contribution in [0.4, 0.5) is 5.69 Å². The highest BCUT2D eigenvalue weighted by Gasteiger charge is 2.28. The fraction of sp³-hybridized carbons (Fsp3) is 0.481. The Morgan fingerprint density at radius 3 is 2.28 bits per heavy atom. The Morgan fingerprint density at radius 1 is 1.03 bits per heavy atom. The average Bonchev–Trinajstić information content (AvgIpc) is 2.80. The third-order valence-corrected chi connectivity index (χ3v) is 6.38. The van der Waals surface area contributed by atoms with Crippen LogP contribution in [0.1, 0.15) is 75.4 Å². The first-order valence-electron chi connectivity index (χ1n) is 11.8. The number of rotatable bonds is 9. The highest BCUT2D eigenvalue weighted by atomic mass is 16.5. The second kappa shape index (κ2) is 10.2. The number of amides is 2. The molecule has 1 heterocycles. The molecule has 2 aromatic rings. The van der Waals surface area contributed by atoms with Crippen LogP contribution < -0.4 is 9.64 Å². The summed E-state index contributed by atoms with van der Waals surface area (Å²) >= 11 is 0. The van der Waals surface area contributed by atoms with Gasteiger partial charge >= 0.3 is 0 Å². The van der Waals surface area contributed by atoms with E-state index in [1.54, 1.807) is 4.90 Å². The Balaban J connectivity index is 1.82. The van der Waals surface area contributed by atoms with E-state index >= 15 is 0 Å². The monoisotopic (exact) mass is 436 g/mol. The topological polar surface area (TPSA) is 49.9 Å². The van der Waals surface area contributed by atoms with Crippen molar-refractivity contribution in [2.45, 2.75) is 65.8 Å². The molecular weight excluding hydrogens is 400 g/mol. The number of anilines is 1. The smallest absolute Gasteiger partial charge is 0.265 e. The average molecular weight is 437 g/mol. The van der Waals surface area contributed by atoms with Crippen LogP contribution in [0.5, 0.6) is 5.75 Å². The second-order valence-corrected chi connectivity index (χ2v) is 9.18. The minimum Gasteiger partial charge on any atom is -0.482 e. The summed E-state index contributed by atoms with van der Waals surface area (Å²) in [6, 6.07) is 13.8. The van der Waals surface area contributed by atoms with Crippen LogP contribution in [0.25, 0.3) is 0 Å². The maximum Gasteiger partial charge on any atom is 0.265 e. The highest BCUT2D eigenvalue weighted by Crippen LogP contribution is 2.38. The second-order valence-electron chi connectivity index (χ2n) is 9.18. The predicted molar refractivity (Wildman–Crippen MR) is 129 cm³/mol. The van der Waals surface area contributed by atoms with Crippen molar-refractivity contribution >= 4 is 17.5 Å². The lowest BCUT2D eigenvalue weighted by molar-refractivity contribution is -0.121. The number of ether oxygens (including phenoxy) is 1. The molecule has 1 aliphatic rings. The Kier molecular flexibility index (Phi) is 7.60. The summed E-state index contributed by atoms with van der Waals surface area (Å²) in [6.45, 7) is 12.8. The summed E-state index contributed by atoms with van der Waals surface area (Å²) in [5.41, 5.74) is 3.70. The van der Waals surface area contributed by atoms with E-state index < -0.39 is 0 Å². The summed E-state index contributed by atoms with van der Waals surface area (Å²) < 4.78 is 5.69. The van der Waals surface area contributed by atoms with Gasteiger partial charge in [0.15, 0.2) is 6.61 Å². The lowest BCUT2D eigenvalue weighted by atomic mass is 9.82. The van der Waals surface area contributed by atoms with Crippen molar-refractivity contribution in [3.05, 3.63) is 59.2 Å². The molecule has 0 saturated heterocycles. The van der Waals surface area contributed by atoms with E-state index in [2.05, 4.69) is 46.8 Å². The Labute approximate surface area is 192 Å². The molecule has 0 fully saturated rings. The molecule has 32 heavy (non-hydrogen) atoms. The normalized spacial score (nSPS) is 13.5. The SMILES string of the molecule is CCCN(CCC)C(=O)c1ccc(CN2C(=O)COc3ccc(C(C)(C)CC)cc32)cc1. The summed E-state index contributed by atoms with van der Waals surface area (Å²) in [5.74, 6) is 0.752. The molecule has 2 amide bonds. The molecule has 0 N–H and O–H groups in total. The third-order valence-electron chi connectivity index (χ3n) is 6.38. The minimum absolute atomic E-state index is 0.0199. The van der Waals surface area contributed by atoms with Gasteiger partial charge in [0.1, 0.15) is 5.75 Å². The van der Waals surface area contributed by atoms with Crippen LogP contribution >= 0.6 is 0 Å². The van der Waals surface area contributed by atoms with Crippen LogP contribution in [-0.2, 0) is 16.8 Å².